The number of halogens is 1. The normalized spacial score (nSPS) is 10.1. The molecule has 0 atom stereocenters. The lowest BCUT2D eigenvalue weighted by Gasteiger charge is -1.97. The maximum Gasteiger partial charge on any atom is 0.255 e. The Morgan fingerprint density at radius 2 is 1.75 bits per heavy atom. The maximum atomic E-state index is 13.0. The molecule has 1 aromatic heterocycles. The van der Waals surface area contributed by atoms with Crippen LogP contribution in [0.4, 0.5) is 4.39 Å². The quantitative estimate of drug-likeness (QED) is 0.621. The average Bonchev–Trinajstić information content (AvgIpc) is 2.45. The Balaban J connectivity index is 2.02. The lowest BCUT2D eigenvalue weighted by molar-refractivity contribution is 0.627. The van der Waals surface area contributed by atoms with Crippen molar-refractivity contribution in [3.8, 4) is 11.8 Å². The summed E-state index contributed by atoms with van der Waals surface area (Å²) in [5.41, 5.74) is 1.29. The van der Waals surface area contributed by atoms with Gasteiger partial charge in [-0.15, -0.1) is 0 Å². The van der Waals surface area contributed by atoms with Gasteiger partial charge in [-0.1, -0.05) is 17.9 Å². The smallest absolute Gasteiger partial charge is 0.255 e. The Kier molecular flexibility index (Phi) is 3.06. The van der Waals surface area contributed by atoms with Crippen LogP contribution < -0.4 is 5.56 Å². The van der Waals surface area contributed by atoms with Gasteiger partial charge in [-0.3, -0.25) is 4.79 Å². The van der Waals surface area contributed by atoms with Crippen LogP contribution in [-0.4, -0.2) is 4.98 Å². The van der Waals surface area contributed by atoms with Gasteiger partial charge >= 0.3 is 0 Å². The van der Waals surface area contributed by atoms with Gasteiger partial charge in [0.05, 0.1) is 0 Å². The van der Waals surface area contributed by atoms with E-state index in [1.54, 1.807) is 30.5 Å². The van der Waals surface area contributed by atoms with Crippen molar-refractivity contribution in [1.82, 2.24) is 4.98 Å². The summed E-state index contributed by atoms with van der Waals surface area (Å²) in [5, 5.41) is 1.46. The summed E-state index contributed by atoms with van der Waals surface area (Å²) in [6.45, 7) is 0. The van der Waals surface area contributed by atoms with Gasteiger partial charge in [0.2, 0.25) is 0 Å². The van der Waals surface area contributed by atoms with Gasteiger partial charge in [0, 0.05) is 22.7 Å². The first-order chi connectivity index (χ1) is 9.72. The second-order valence-corrected chi connectivity index (χ2v) is 4.37. The second kappa shape index (κ2) is 5.02. The van der Waals surface area contributed by atoms with Crippen LogP contribution in [0.25, 0.3) is 10.8 Å². The van der Waals surface area contributed by atoms with Crippen molar-refractivity contribution in [3.05, 3.63) is 82.0 Å². The number of rotatable bonds is 0. The van der Waals surface area contributed by atoms with Crippen molar-refractivity contribution in [2.24, 2.45) is 0 Å². The third-order valence-electron chi connectivity index (χ3n) is 2.95. The molecule has 0 fully saturated rings. The fourth-order valence-electron chi connectivity index (χ4n) is 1.98. The number of fused-ring (bicyclic) bond motifs is 1. The fraction of sp³-hybridized carbons (Fsp3) is 0. The largest absolute Gasteiger partial charge is 0.329 e. The highest BCUT2D eigenvalue weighted by atomic mass is 19.1. The predicted molar refractivity (Wildman–Crippen MR) is 76.9 cm³/mol. The highest BCUT2D eigenvalue weighted by molar-refractivity contribution is 5.82. The molecule has 0 saturated carbocycles. The molecule has 0 saturated heterocycles. The summed E-state index contributed by atoms with van der Waals surface area (Å²) in [5.74, 6) is 5.57. The van der Waals surface area contributed by atoms with E-state index in [9.17, 15) is 9.18 Å². The first-order valence-corrected chi connectivity index (χ1v) is 6.11. The van der Waals surface area contributed by atoms with Crippen LogP contribution in [-0.2, 0) is 0 Å². The molecule has 20 heavy (non-hydrogen) atoms. The van der Waals surface area contributed by atoms with Gasteiger partial charge in [0.25, 0.3) is 5.56 Å². The second-order valence-electron chi connectivity index (χ2n) is 4.37. The number of aromatic nitrogens is 1. The Morgan fingerprint density at radius 1 is 0.950 bits per heavy atom. The zero-order valence-electron chi connectivity index (χ0n) is 10.5. The van der Waals surface area contributed by atoms with E-state index in [1.165, 1.54) is 12.1 Å². The molecule has 0 aliphatic heterocycles. The molecule has 0 aliphatic rings. The number of benzene rings is 2. The van der Waals surface area contributed by atoms with Gasteiger partial charge in [-0.25, -0.2) is 4.39 Å². The van der Waals surface area contributed by atoms with Gasteiger partial charge in [-0.2, -0.15) is 0 Å². The van der Waals surface area contributed by atoms with E-state index in [-0.39, 0.29) is 11.4 Å². The number of H-pyrrole nitrogens is 1. The van der Waals surface area contributed by atoms with Crippen molar-refractivity contribution < 1.29 is 4.39 Å². The van der Waals surface area contributed by atoms with E-state index in [0.29, 0.717) is 10.9 Å². The lowest BCUT2D eigenvalue weighted by atomic mass is 10.1. The number of aromatic amines is 1. The van der Waals surface area contributed by atoms with Crippen LogP contribution in [0, 0.1) is 17.7 Å². The first kappa shape index (κ1) is 12.2. The van der Waals surface area contributed by atoms with Gasteiger partial charge < -0.3 is 4.98 Å². The Morgan fingerprint density at radius 3 is 2.55 bits per heavy atom. The summed E-state index contributed by atoms with van der Waals surface area (Å²) in [6, 6.07) is 13.3. The highest BCUT2D eigenvalue weighted by Gasteiger charge is 1.98. The molecule has 2 aromatic carbocycles. The summed E-state index contributed by atoms with van der Waals surface area (Å²) >= 11 is 0. The molecular formula is C17H10FNO. The Labute approximate surface area is 114 Å². The molecule has 3 rings (SSSR count). The molecule has 0 bridgehead atoms. The fourth-order valence-corrected chi connectivity index (χ4v) is 1.98. The molecule has 3 heteroatoms. The molecule has 0 amide bonds. The van der Waals surface area contributed by atoms with E-state index >= 15 is 0 Å². The zero-order valence-corrected chi connectivity index (χ0v) is 10.5. The molecule has 1 N–H and O–H groups in total. The van der Waals surface area contributed by atoms with Crippen LogP contribution in [0.15, 0.2) is 59.5 Å². The molecule has 96 valence electrons. The molecular weight excluding hydrogens is 253 g/mol. The van der Waals surface area contributed by atoms with Crippen LogP contribution >= 0.6 is 0 Å². The minimum Gasteiger partial charge on any atom is -0.329 e. The number of nitrogens with one attached hydrogen (secondary N) is 1. The summed E-state index contributed by atoms with van der Waals surface area (Å²) in [7, 11) is 0. The third-order valence-corrected chi connectivity index (χ3v) is 2.95. The highest BCUT2D eigenvalue weighted by Crippen LogP contribution is 2.11. The van der Waals surface area contributed by atoms with Crippen LogP contribution in [0.1, 0.15) is 11.1 Å². The number of pyridine rings is 1. The van der Waals surface area contributed by atoms with Crippen LogP contribution in [0.5, 0.6) is 0 Å². The van der Waals surface area contributed by atoms with E-state index in [1.807, 2.05) is 12.1 Å². The van der Waals surface area contributed by atoms with Gasteiger partial charge in [-0.05, 0) is 47.9 Å². The van der Waals surface area contributed by atoms with E-state index in [4.69, 9.17) is 0 Å². The SMILES string of the molecule is O=c1[nH]ccc2cc(C#Cc3cccc(F)c3)ccc12. The van der Waals surface area contributed by atoms with Crippen molar-refractivity contribution in [1.29, 1.82) is 0 Å². The van der Waals surface area contributed by atoms with Crippen molar-refractivity contribution >= 4 is 10.8 Å². The van der Waals surface area contributed by atoms with E-state index < -0.39 is 0 Å². The Bertz CT molecular complexity index is 900. The predicted octanol–water partition coefficient (Wildman–Crippen LogP) is 3.07. The van der Waals surface area contributed by atoms with E-state index in [2.05, 4.69) is 16.8 Å². The Hall–Kier alpha value is -2.86. The first-order valence-electron chi connectivity index (χ1n) is 6.11. The molecule has 1 heterocycles. The minimum atomic E-state index is -0.304. The van der Waals surface area contributed by atoms with Gasteiger partial charge in [0.1, 0.15) is 5.82 Å². The van der Waals surface area contributed by atoms with Crippen LogP contribution in [0.2, 0.25) is 0 Å². The summed E-state index contributed by atoms with van der Waals surface area (Å²) in [6.07, 6.45) is 1.61. The standard InChI is InChI=1S/C17H10FNO/c18-15-3-1-2-12(11-15)4-5-13-6-7-16-14(10-13)8-9-19-17(16)20/h1-3,6-11H,(H,19,20). The van der Waals surface area contributed by atoms with Crippen molar-refractivity contribution in [2.45, 2.75) is 0 Å². The molecule has 0 unspecified atom stereocenters. The number of hydrogen-bond acceptors (Lipinski definition) is 1. The molecule has 0 spiro atoms. The minimum absolute atomic E-state index is 0.118. The molecule has 0 radical (unpaired) electrons. The topological polar surface area (TPSA) is 32.9 Å². The van der Waals surface area contributed by atoms with E-state index in [0.717, 1.165) is 10.9 Å². The monoisotopic (exact) mass is 263 g/mol. The van der Waals surface area contributed by atoms with Crippen molar-refractivity contribution in [3.63, 3.8) is 0 Å². The maximum absolute atomic E-state index is 13.0. The molecule has 2 nitrogen and oxygen atoms in total. The summed E-state index contributed by atoms with van der Waals surface area (Å²) < 4.78 is 13.0. The number of hydrogen-bond donors (Lipinski definition) is 1. The average molecular weight is 263 g/mol. The molecule has 0 aliphatic carbocycles. The van der Waals surface area contributed by atoms with Crippen molar-refractivity contribution in [2.75, 3.05) is 0 Å². The van der Waals surface area contributed by atoms with Gasteiger partial charge in [0.15, 0.2) is 0 Å². The summed E-state index contributed by atoms with van der Waals surface area (Å²) in [4.78, 5) is 14.2. The molecule has 3 aromatic rings. The van der Waals surface area contributed by atoms with Crippen LogP contribution in [0.3, 0.4) is 0 Å². The third kappa shape index (κ3) is 2.45. The zero-order chi connectivity index (χ0) is 13.9. The lowest BCUT2D eigenvalue weighted by Crippen LogP contribution is -2.03.